The van der Waals surface area contributed by atoms with Crippen LogP contribution in [0.1, 0.15) is 36.0 Å². The lowest BCUT2D eigenvalue weighted by molar-refractivity contribution is -0.123. The molecular weight excluding hydrogens is 408 g/mol. The van der Waals surface area contributed by atoms with Gasteiger partial charge in [-0.05, 0) is 61.9 Å². The zero-order chi connectivity index (χ0) is 22.3. The van der Waals surface area contributed by atoms with Crippen LogP contribution >= 0.6 is 0 Å². The number of nitrogens with zero attached hydrogens (tertiary/aromatic N) is 5. The largest absolute Gasteiger partial charge is 0.391 e. The van der Waals surface area contributed by atoms with E-state index in [9.17, 15) is 20.0 Å². The van der Waals surface area contributed by atoms with Gasteiger partial charge in [-0.2, -0.15) is 10.2 Å². The first-order chi connectivity index (χ1) is 15.5. The van der Waals surface area contributed by atoms with Gasteiger partial charge < -0.3 is 15.3 Å². The first kappa shape index (κ1) is 20.4. The van der Waals surface area contributed by atoms with Crippen LogP contribution in [0.2, 0.25) is 0 Å². The van der Waals surface area contributed by atoms with Crippen molar-refractivity contribution in [3.8, 4) is 6.07 Å². The van der Waals surface area contributed by atoms with E-state index in [1.54, 1.807) is 46.3 Å². The molecule has 1 aromatic heterocycles. The molecule has 3 fully saturated rings. The third-order valence-corrected chi connectivity index (χ3v) is 6.59. The zero-order valence-corrected chi connectivity index (χ0v) is 17.6. The normalized spacial score (nSPS) is 25.1. The second kappa shape index (κ2) is 7.88. The summed E-state index contributed by atoms with van der Waals surface area (Å²) in [7, 11) is 0. The van der Waals surface area contributed by atoms with Crippen molar-refractivity contribution >= 4 is 29.3 Å². The minimum atomic E-state index is -0.910. The lowest BCUT2D eigenvalue weighted by Crippen LogP contribution is -2.35. The molecule has 9 heteroatoms. The van der Waals surface area contributed by atoms with Gasteiger partial charge in [-0.25, -0.2) is 4.98 Å². The molecule has 2 N–H and O–H groups in total. The van der Waals surface area contributed by atoms with E-state index < -0.39 is 11.5 Å². The highest BCUT2D eigenvalue weighted by Crippen LogP contribution is 2.51. The van der Waals surface area contributed by atoms with Crippen molar-refractivity contribution in [2.75, 3.05) is 29.9 Å². The number of amides is 2. The fraction of sp³-hybridized carbons (Fsp3) is 0.435. The number of aromatic nitrogens is 2. The molecule has 2 aromatic rings. The van der Waals surface area contributed by atoms with Gasteiger partial charge in [-0.1, -0.05) is 0 Å². The van der Waals surface area contributed by atoms with Gasteiger partial charge in [0, 0.05) is 37.1 Å². The minimum Gasteiger partial charge on any atom is -0.391 e. The maximum atomic E-state index is 13.0. The summed E-state index contributed by atoms with van der Waals surface area (Å²) < 4.78 is 0. The van der Waals surface area contributed by atoms with Crippen LogP contribution in [0.25, 0.3) is 0 Å². The smallest absolute Gasteiger partial charge is 0.253 e. The first-order valence-corrected chi connectivity index (χ1v) is 10.9. The van der Waals surface area contributed by atoms with E-state index in [0.717, 1.165) is 12.8 Å². The quantitative estimate of drug-likeness (QED) is 0.742. The number of carbonyl (C=O) groups is 2. The number of nitriles is 1. The Balaban J connectivity index is 1.28. The third kappa shape index (κ3) is 3.56. The van der Waals surface area contributed by atoms with Gasteiger partial charge in [0.25, 0.3) is 5.91 Å². The highest BCUT2D eigenvalue weighted by atomic mass is 16.3. The Morgan fingerprint density at radius 2 is 1.97 bits per heavy atom. The zero-order valence-electron chi connectivity index (χ0n) is 17.6. The van der Waals surface area contributed by atoms with Gasteiger partial charge >= 0.3 is 0 Å². The van der Waals surface area contributed by atoms with Crippen LogP contribution in [0, 0.1) is 22.7 Å². The predicted molar refractivity (Wildman–Crippen MR) is 116 cm³/mol. The topological polar surface area (TPSA) is 122 Å². The Morgan fingerprint density at radius 1 is 1.19 bits per heavy atom. The summed E-state index contributed by atoms with van der Waals surface area (Å²) in [6.45, 7) is 1.40. The van der Waals surface area contributed by atoms with Crippen molar-refractivity contribution in [1.29, 1.82) is 5.26 Å². The molecule has 1 aromatic carbocycles. The number of carbonyl (C=O) groups excluding carboxylic acids is 2. The predicted octanol–water partition coefficient (Wildman–Crippen LogP) is 2.08. The summed E-state index contributed by atoms with van der Waals surface area (Å²) in [5, 5.41) is 22.4. The number of β-amino-alcohol motifs (C(OH)–C–C–N with tert-alkyl or cyclic N) is 1. The lowest BCUT2D eigenvalue weighted by Gasteiger charge is -2.20. The Kier molecular flexibility index (Phi) is 5.02. The molecule has 9 nitrogen and oxygen atoms in total. The van der Waals surface area contributed by atoms with Crippen LogP contribution < -0.4 is 10.2 Å². The molecule has 0 unspecified atom stereocenters. The van der Waals surface area contributed by atoms with Gasteiger partial charge in [0.15, 0.2) is 0 Å². The van der Waals surface area contributed by atoms with E-state index in [1.165, 1.54) is 0 Å². The van der Waals surface area contributed by atoms with Crippen molar-refractivity contribution in [3.63, 3.8) is 0 Å². The molecule has 2 amide bonds. The molecule has 3 heterocycles. The summed E-state index contributed by atoms with van der Waals surface area (Å²) in [5.74, 6) is 0.703. The van der Waals surface area contributed by atoms with Crippen LogP contribution in [0.15, 0.2) is 36.5 Å². The number of anilines is 3. The number of likely N-dealkylation sites (tertiary alicyclic amines) is 1. The Hall–Kier alpha value is -3.51. The molecule has 1 saturated carbocycles. The lowest BCUT2D eigenvalue weighted by atomic mass is 9.83. The number of aliphatic hydroxyl groups excluding tert-OH is 1. The third-order valence-electron chi connectivity index (χ3n) is 6.59. The van der Waals surface area contributed by atoms with Gasteiger partial charge in [-0.3, -0.25) is 14.5 Å². The van der Waals surface area contributed by atoms with Crippen LogP contribution in [-0.2, 0) is 4.79 Å². The van der Waals surface area contributed by atoms with Crippen LogP contribution in [0.5, 0.6) is 0 Å². The van der Waals surface area contributed by atoms with Gasteiger partial charge in [0.1, 0.15) is 11.2 Å². The Morgan fingerprint density at radius 3 is 2.62 bits per heavy atom. The molecule has 0 radical (unpaired) electrons. The number of nitrogens with one attached hydrogen (secondary N) is 1. The second-order valence-corrected chi connectivity index (χ2v) is 8.70. The second-order valence-electron chi connectivity index (χ2n) is 8.70. The molecule has 0 bridgehead atoms. The summed E-state index contributed by atoms with van der Waals surface area (Å²) in [6, 6.07) is 10.9. The van der Waals surface area contributed by atoms with Crippen LogP contribution in [0.4, 0.5) is 17.5 Å². The average Bonchev–Trinajstić information content (AvgIpc) is 3.48. The molecule has 32 heavy (non-hydrogen) atoms. The van der Waals surface area contributed by atoms with Crippen molar-refractivity contribution in [3.05, 3.63) is 42.1 Å². The fourth-order valence-electron chi connectivity index (χ4n) is 4.60. The number of benzene rings is 1. The highest BCUT2D eigenvalue weighted by Gasteiger charge is 2.57. The summed E-state index contributed by atoms with van der Waals surface area (Å²) in [6.07, 6.45) is 4.13. The van der Waals surface area contributed by atoms with E-state index >= 15 is 0 Å². The molecule has 1 aliphatic carbocycles. The molecule has 2 aliphatic heterocycles. The number of rotatable bonds is 5. The van der Waals surface area contributed by atoms with E-state index in [4.69, 9.17) is 0 Å². The van der Waals surface area contributed by atoms with E-state index in [-0.39, 0.29) is 17.7 Å². The standard InChI is InChI=1S/C23H24N6O3/c24-14-23(16-3-4-16)9-12-29(21(23)32)19-7-10-25-22(27-19)26-17-5-1-15(2-6-17)20(31)28-11-8-18(30)13-28/h1-2,5-7,10,16,18,30H,3-4,8-9,11-13H2,(H,25,26,27)/t18-,23+/m0/s1. The van der Waals surface area contributed by atoms with Crippen molar-refractivity contribution in [2.45, 2.75) is 31.8 Å². The number of hydrogen-bond acceptors (Lipinski definition) is 7. The summed E-state index contributed by atoms with van der Waals surface area (Å²) in [5.41, 5.74) is 0.346. The molecule has 0 spiro atoms. The Labute approximate surface area is 185 Å². The van der Waals surface area contributed by atoms with Gasteiger partial charge in [-0.15, -0.1) is 0 Å². The monoisotopic (exact) mass is 432 g/mol. The van der Waals surface area contributed by atoms with Gasteiger partial charge in [0.05, 0.1) is 12.2 Å². The maximum absolute atomic E-state index is 13.0. The van der Waals surface area contributed by atoms with Crippen molar-refractivity contribution in [2.24, 2.45) is 11.3 Å². The van der Waals surface area contributed by atoms with Crippen molar-refractivity contribution < 1.29 is 14.7 Å². The highest BCUT2D eigenvalue weighted by molar-refractivity contribution is 6.01. The van der Waals surface area contributed by atoms with E-state index in [1.807, 2.05) is 0 Å². The van der Waals surface area contributed by atoms with Crippen LogP contribution in [0.3, 0.4) is 0 Å². The molecule has 5 rings (SSSR count). The molecule has 3 aliphatic rings. The average molecular weight is 432 g/mol. The van der Waals surface area contributed by atoms with Crippen LogP contribution in [-0.4, -0.2) is 57.5 Å². The van der Waals surface area contributed by atoms with Crippen molar-refractivity contribution in [1.82, 2.24) is 14.9 Å². The molecular formula is C23H24N6O3. The minimum absolute atomic E-state index is 0.101. The summed E-state index contributed by atoms with van der Waals surface area (Å²) in [4.78, 5) is 37.5. The van der Waals surface area contributed by atoms with E-state index in [0.29, 0.717) is 55.5 Å². The maximum Gasteiger partial charge on any atom is 0.253 e. The molecule has 2 atom stereocenters. The fourth-order valence-corrected chi connectivity index (χ4v) is 4.60. The SMILES string of the molecule is N#C[C@@]1(C2CC2)CCN(c2ccnc(Nc3ccc(C(=O)N4CC[C@H](O)C4)cc3)n2)C1=O. The molecule has 2 saturated heterocycles. The van der Waals surface area contributed by atoms with E-state index in [2.05, 4.69) is 21.4 Å². The summed E-state index contributed by atoms with van der Waals surface area (Å²) >= 11 is 0. The Bertz CT molecular complexity index is 1090. The molecule has 164 valence electrons. The number of aliphatic hydroxyl groups is 1. The van der Waals surface area contributed by atoms with Gasteiger partial charge in [0.2, 0.25) is 11.9 Å². The number of hydrogen-bond donors (Lipinski definition) is 2. The first-order valence-electron chi connectivity index (χ1n) is 10.9.